The Morgan fingerprint density at radius 3 is 2.94 bits per heavy atom. The number of hydrogen-bond donors (Lipinski definition) is 2. The zero-order valence-corrected chi connectivity index (χ0v) is 11.8. The summed E-state index contributed by atoms with van der Waals surface area (Å²) in [6.45, 7) is 5.03. The normalized spacial score (nSPS) is 10.6. The van der Waals surface area contributed by atoms with E-state index in [4.69, 9.17) is 0 Å². The third-order valence-electron chi connectivity index (χ3n) is 2.15. The number of amides is 1. The van der Waals surface area contributed by atoms with E-state index in [0.717, 1.165) is 17.4 Å². The van der Waals surface area contributed by atoms with Crippen molar-refractivity contribution in [2.75, 3.05) is 11.9 Å². The van der Waals surface area contributed by atoms with E-state index in [2.05, 4.69) is 45.4 Å². The molecule has 0 aromatic carbocycles. The summed E-state index contributed by atoms with van der Waals surface area (Å²) in [5.74, 6) is 0.573. The van der Waals surface area contributed by atoms with Gasteiger partial charge in [0.25, 0.3) is 0 Å². The molecule has 1 aromatic heterocycles. The van der Waals surface area contributed by atoms with Crippen LogP contribution in [0, 0.1) is 0 Å². The molecule has 1 amide bonds. The summed E-state index contributed by atoms with van der Waals surface area (Å²) in [5, 5.41) is 6.04. The zero-order chi connectivity index (χ0) is 12.7. The van der Waals surface area contributed by atoms with Gasteiger partial charge in [-0.05, 0) is 41.0 Å². The van der Waals surface area contributed by atoms with Gasteiger partial charge in [0.15, 0.2) is 0 Å². The minimum atomic E-state index is -0.00467. The molecule has 0 radical (unpaired) electrons. The van der Waals surface area contributed by atoms with Crippen molar-refractivity contribution >= 4 is 27.7 Å². The van der Waals surface area contributed by atoms with Crippen LogP contribution in [0.5, 0.6) is 0 Å². The molecule has 4 nitrogen and oxygen atoms in total. The first-order chi connectivity index (χ1) is 8.09. The number of aromatic nitrogens is 1. The van der Waals surface area contributed by atoms with Crippen LogP contribution in [0.4, 0.5) is 5.82 Å². The molecular formula is C12H18BrN3O. The first-order valence-electron chi connectivity index (χ1n) is 5.73. The largest absolute Gasteiger partial charge is 0.315 e. The molecule has 0 aliphatic carbocycles. The van der Waals surface area contributed by atoms with E-state index in [0.29, 0.717) is 18.3 Å². The molecule has 0 spiro atoms. The number of hydrogen-bond acceptors (Lipinski definition) is 3. The van der Waals surface area contributed by atoms with E-state index >= 15 is 0 Å². The van der Waals surface area contributed by atoms with E-state index in [-0.39, 0.29) is 5.91 Å². The van der Waals surface area contributed by atoms with Crippen molar-refractivity contribution in [3.63, 3.8) is 0 Å². The molecule has 2 N–H and O–H groups in total. The molecule has 5 heteroatoms. The van der Waals surface area contributed by atoms with Crippen molar-refractivity contribution in [1.82, 2.24) is 10.3 Å². The molecule has 1 rings (SSSR count). The number of rotatable bonds is 6. The Kier molecular flexibility index (Phi) is 6.15. The molecule has 0 atom stereocenters. The van der Waals surface area contributed by atoms with Gasteiger partial charge in [0.05, 0.1) is 4.47 Å². The number of pyridine rings is 1. The first kappa shape index (κ1) is 14.1. The van der Waals surface area contributed by atoms with Gasteiger partial charge in [-0.2, -0.15) is 0 Å². The molecule has 0 saturated heterocycles. The molecule has 94 valence electrons. The fourth-order valence-electron chi connectivity index (χ4n) is 1.31. The second-order valence-corrected chi connectivity index (χ2v) is 4.95. The van der Waals surface area contributed by atoms with Gasteiger partial charge in [0.2, 0.25) is 5.91 Å². The highest BCUT2D eigenvalue weighted by atomic mass is 79.9. The molecule has 17 heavy (non-hydrogen) atoms. The number of carbonyl (C=O) groups is 1. The summed E-state index contributed by atoms with van der Waals surface area (Å²) in [4.78, 5) is 15.7. The van der Waals surface area contributed by atoms with Crippen molar-refractivity contribution in [3.05, 3.63) is 22.8 Å². The lowest BCUT2D eigenvalue weighted by Gasteiger charge is -2.08. The van der Waals surface area contributed by atoms with Crippen molar-refractivity contribution in [3.8, 4) is 0 Å². The molecular weight excluding hydrogens is 282 g/mol. The fourth-order valence-corrected chi connectivity index (χ4v) is 1.67. The minimum Gasteiger partial charge on any atom is -0.315 e. The number of carbonyl (C=O) groups excluding carboxylic acids is 1. The van der Waals surface area contributed by atoms with Crippen LogP contribution in [0.15, 0.2) is 22.8 Å². The second-order valence-electron chi connectivity index (χ2n) is 4.09. The summed E-state index contributed by atoms with van der Waals surface area (Å²) >= 11 is 3.34. The van der Waals surface area contributed by atoms with Gasteiger partial charge in [0, 0.05) is 18.7 Å². The van der Waals surface area contributed by atoms with Crippen LogP contribution in [0.25, 0.3) is 0 Å². The second kappa shape index (κ2) is 7.40. The van der Waals surface area contributed by atoms with Crippen LogP contribution in [-0.2, 0) is 4.79 Å². The number of halogens is 1. The quantitative estimate of drug-likeness (QED) is 0.794. The molecule has 1 aromatic rings. The molecule has 0 saturated carbocycles. The van der Waals surface area contributed by atoms with Crippen LogP contribution < -0.4 is 10.6 Å². The molecule has 1 heterocycles. The van der Waals surface area contributed by atoms with Crippen LogP contribution in [0.3, 0.4) is 0 Å². The Balaban J connectivity index is 2.28. The Morgan fingerprint density at radius 2 is 2.29 bits per heavy atom. The van der Waals surface area contributed by atoms with Crippen molar-refractivity contribution in [1.29, 1.82) is 0 Å². The van der Waals surface area contributed by atoms with Gasteiger partial charge in [-0.1, -0.05) is 13.8 Å². The molecule has 0 bridgehead atoms. The van der Waals surface area contributed by atoms with Crippen molar-refractivity contribution in [2.45, 2.75) is 32.7 Å². The maximum atomic E-state index is 11.6. The van der Waals surface area contributed by atoms with Gasteiger partial charge in [-0.25, -0.2) is 4.98 Å². The van der Waals surface area contributed by atoms with Gasteiger partial charge in [0.1, 0.15) is 5.82 Å². The number of nitrogens with one attached hydrogen (secondary N) is 2. The maximum absolute atomic E-state index is 11.6. The molecule has 0 fully saturated rings. The SMILES string of the molecule is CC(C)NCCCC(=O)Nc1ncccc1Br. The first-order valence-corrected chi connectivity index (χ1v) is 6.52. The van der Waals surface area contributed by atoms with Gasteiger partial charge < -0.3 is 10.6 Å². The Labute approximate surface area is 110 Å². The third-order valence-corrected chi connectivity index (χ3v) is 2.79. The summed E-state index contributed by atoms with van der Waals surface area (Å²) < 4.78 is 0.800. The average molecular weight is 300 g/mol. The summed E-state index contributed by atoms with van der Waals surface area (Å²) in [6, 6.07) is 4.12. The van der Waals surface area contributed by atoms with Gasteiger partial charge in [-0.15, -0.1) is 0 Å². The summed E-state index contributed by atoms with van der Waals surface area (Å²) in [7, 11) is 0. The highest BCUT2D eigenvalue weighted by Gasteiger charge is 2.05. The number of nitrogens with zero attached hydrogens (tertiary/aromatic N) is 1. The molecule has 0 aliphatic heterocycles. The fraction of sp³-hybridized carbons (Fsp3) is 0.500. The van der Waals surface area contributed by atoms with Crippen LogP contribution >= 0.6 is 15.9 Å². The monoisotopic (exact) mass is 299 g/mol. The van der Waals surface area contributed by atoms with Crippen LogP contribution in [0.1, 0.15) is 26.7 Å². The smallest absolute Gasteiger partial charge is 0.225 e. The van der Waals surface area contributed by atoms with Gasteiger partial charge >= 0.3 is 0 Å². The zero-order valence-electron chi connectivity index (χ0n) is 10.2. The highest BCUT2D eigenvalue weighted by molar-refractivity contribution is 9.10. The Morgan fingerprint density at radius 1 is 1.53 bits per heavy atom. The van der Waals surface area contributed by atoms with Crippen molar-refractivity contribution < 1.29 is 4.79 Å². The lowest BCUT2D eigenvalue weighted by molar-refractivity contribution is -0.116. The van der Waals surface area contributed by atoms with Crippen molar-refractivity contribution in [2.24, 2.45) is 0 Å². The van der Waals surface area contributed by atoms with E-state index in [1.807, 2.05) is 12.1 Å². The summed E-state index contributed by atoms with van der Waals surface area (Å²) in [6.07, 6.45) is 2.98. The Hall–Kier alpha value is -0.940. The van der Waals surface area contributed by atoms with Gasteiger partial charge in [-0.3, -0.25) is 4.79 Å². The molecule has 0 unspecified atom stereocenters. The highest BCUT2D eigenvalue weighted by Crippen LogP contribution is 2.18. The third kappa shape index (κ3) is 5.79. The predicted octanol–water partition coefficient (Wildman–Crippen LogP) is 2.56. The standard InChI is InChI=1S/C12H18BrN3O/c1-9(2)14-7-4-6-11(17)16-12-10(13)5-3-8-15-12/h3,5,8-9,14H,4,6-7H2,1-2H3,(H,15,16,17). The number of anilines is 1. The summed E-state index contributed by atoms with van der Waals surface area (Å²) in [5.41, 5.74) is 0. The lowest BCUT2D eigenvalue weighted by atomic mass is 10.2. The van der Waals surface area contributed by atoms with E-state index in [1.54, 1.807) is 6.20 Å². The molecule has 0 aliphatic rings. The average Bonchev–Trinajstić information content (AvgIpc) is 2.27. The lowest BCUT2D eigenvalue weighted by Crippen LogP contribution is -2.24. The Bertz CT molecular complexity index is 369. The topological polar surface area (TPSA) is 54.0 Å². The predicted molar refractivity (Wildman–Crippen MR) is 72.9 cm³/mol. The van der Waals surface area contributed by atoms with Crippen LogP contribution in [0.2, 0.25) is 0 Å². The van der Waals surface area contributed by atoms with E-state index < -0.39 is 0 Å². The van der Waals surface area contributed by atoms with E-state index in [9.17, 15) is 4.79 Å². The van der Waals surface area contributed by atoms with Crippen LogP contribution in [-0.4, -0.2) is 23.5 Å². The minimum absolute atomic E-state index is 0.00467. The van der Waals surface area contributed by atoms with E-state index in [1.165, 1.54) is 0 Å². The maximum Gasteiger partial charge on any atom is 0.225 e.